The molecule has 0 unspecified atom stereocenters. The molecule has 126 valence electrons. The summed E-state index contributed by atoms with van der Waals surface area (Å²) in [6.07, 6.45) is 0. The Bertz CT molecular complexity index is 748. The lowest BCUT2D eigenvalue weighted by Gasteiger charge is -2.26. The quantitative estimate of drug-likeness (QED) is 0.630. The first-order valence-corrected chi connectivity index (χ1v) is 9.56. The number of hydrogen-bond donors (Lipinski definition) is 0. The van der Waals surface area contributed by atoms with Crippen molar-refractivity contribution in [2.45, 2.75) is 31.6 Å². The molecule has 2 aromatic carbocycles. The molecule has 0 aliphatic carbocycles. The number of thioether (sulfide) groups is 1. The van der Waals surface area contributed by atoms with E-state index in [1.807, 2.05) is 0 Å². The molecule has 5 heteroatoms. The molecule has 2 nitrogen and oxygen atoms in total. The van der Waals surface area contributed by atoms with Gasteiger partial charge in [0.1, 0.15) is 5.37 Å². The van der Waals surface area contributed by atoms with Crippen molar-refractivity contribution in [1.82, 2.24) is 0 Å². The molecule has 1 fully saturated rings. The van der Waals surface area contributed by atoms with Crippen LogP contribution in [0.25, 0.3) is 0 Å². The highest BCUT2D eigenvalue weighted by atomic mass is 35.5. The van der Waals surface area contributed by atoms with Gasteiger partial charge in [-0.1, -0.05) is 68.2 Å². The molecule has 0 N–H and O–H groups in total. The second kappa shape index (κ2) is 6.62. The zero-order chi connectivity index (χ0) is 17.5. The molecule has 0 radical (unpaired) electrons. The van der Waals surface area contributed by atoms with Gasteiger partial charge in [-0.2, -0.15) is 0 Å². The van der Waals surface area contributed by atoms with E-state index in [-0.39, 0.29) is 16.7 Å². The lowest BCUT2D eigenvalue weighted by Crippen LogP contribution is -2.27. The standard InChI is InChI=1S/C19H19Cl2NOS/c1-19(2,3)13-6-4-12(5-7-13)18-22(17(23)11-24-18)16-9-14(20)8-15(21)10-16/h4-10,18H,11H2,1-3H3/t18-/m0/s1. The summed E-state index contributed by atoms with van der Waals surface area (Å²) >= 11 is 13.8. The van der Waals surface area contributed by atoms with Crippen molar-refractivity contribution in [3.8, 4) is 0 Å². The van der Waals surface area contributed by atoms with Gasteiger partial charge in [-0.25, -0.2) is 0 Å². The summed E-state index contributed by atoms with van der Waals surface area (Å²) in [5.74, 6) is 0.527. The van der Waals surface area contributed by atoms with Crippen LogP contribution in [0.5, 0.6) is 0 Å². The normalized spacial score (nSPS) is 18.3. The third-order valence-electron chi connectivity index (χ3n) is 4.06. The summed E-state index contributed by atoms with van der Waals surface area (Å²) in [6.45, 7) is 6.57. The molecule has 3 rings (SSSR count). The van der Waals surface area contributed by atoms with Crippen molar-refractivity contribution in [2.75, 3.05) is 10.7 Å². The average Bonchev–Trinajstić information content (AvgIpc) is 2.87. The maximum Gasteiger partial charge on any atom is 0.238 e. The average molecular weight is 380 g/mol. The smallest absolute Gasteiger partial charge is 0.238 e. The fourth-order valence-corrected chi connectivity index (χ4v) is 4.47. The predicted molar refractivity (Wildman–Crippen MR) is 104 cm³/mol. The van der Waals surface area contributed by atoms with Crippen molar-refractivity contribution in [3.05, 3.63) is 63.6 Å². The summed E-state index contributed by atoms with van der Waals surface area (Å²) in [5, 5.41) is 1.01. The van der Waals surface area contributed by atoms with Crippen LogP contribution < -0.4 is 4.90 Å². The lowest BCUT2D eigenvalue weighted by atomic mass is 9.86. The van der Waals surface area contributed by atoms with Crippen molar-refractivity contribution in [1.29, 1.82) is 0 Å². The number of benzene rings is 2. The second-order valence-electron chi connectivity index (χ2n) is 6.93. The number of carbonyl (C=O) groups is 1. The van der Waals surface area contributed by atoms with E-state index in [1.165, 1.54) is 5.56 Å². The Kier molecular flexibility index (Phi) is 4.87. The van der Waals surface area contributed by atoms with E-state index >= 15 is 0 Å². The maximum absolute atomic E-state index is 12.4. The fraction of sp³-hybridized carbons (Fsp3) is 0.316. The number of amides is 1. The molecule has 1 heterocycles. The van der Waals surface area contributed by atoms with Crippen LogP contribution in [0, 0.1) is 0 Å². The summed E-state index contributed by atoms with van der Waals surface area (Å²) in [4.78, 5) is 14.2. The van der Waals surface area contributed by atoms with Gasteiger partial charge in [0.25, 0.3) is 0 Å². The van der Waals surface area contributed by atoms with Crippen molar-refractivity contribution in [3.63, 3.8) is 0 Å². The molecule has 1 atom stereocenters. The van der Waals surface area contributed by atoms with E-state index in [1.54, 1.807) is 34.9 Å². The largest absolute Gasteiger partial charge is 0.295 e. The van der Waals surface area contributed by atoms with E-state index < -0.39 is 0 Å². The number of carbonyl (C=O) groups excluding carboxylic acids is 1. The van der Waals surface area contributed by atoms with Crippen LogP contribution in [-0.4, -0.2) is 11.7 Å². The van der Waals surface area contributed by atoms with Gasteiger partial charge in [0.05, 0.1) is 5.75 Å². The van der Waals surface area contributed by atoms with Crippen LogP contribution in [0.3, 0.4) is 0 Å². The maximum atomic E-state index is 12.4. The molecule has 1 aliphatic rings. The van der Waals surface area contributed by atoms with Crippen LogP contribution >= 0.6 is 35.0 Å². The fourth-order valence-electron chi connectivity index (χ4n) is 2.78. The Morgan fingerprint density at radius 3 is 2.17 bits per heavy atom. The third kappa shape index (κ3) is 3.58. The number of hydrogen-bond acceptors (Lipinski definition) is 2. The van der Waals surface area contributed by atoms with E-state index in [0.717, 1.165) is 11.3 Å². The summed E-state index contributed by atoms with van der Waals surface area (Å²) in [7, 11) is 0. The third-order valence-corrected chi connectivity index (χ3v) is 5.70. The van der Waals surface area contributed by atoms with Gasteiger partial charge in [0.15, 0.2) is 0 Å². The van der Waals surface area contributed by atoms with Gasteiger partial charge in [-0.3, -0.25) is 9.69 Å². The van der Waals surface area contributed by atoms with Gasteiger partial charge in [0.2, 0.25) is 5.91 Å². The molecule has 0 saturated carbocycles. The molecule has 0 aromatic heterocycles. The lowest BCUT2D eigenvalue weighted by molar-refractivity contribution is -0.115. The molecule has 1 aliphatic heterocycles. The number of nitrogens with zero attached hydrogens (tertiary/aromatic N) is 1. The predicted octanol–water partition coefficient (Wildman–Crippen LogP) is 6.07. The molecule has 24 heavy (non-hydrogen) atoms. The first kappa shape index (κ1) is 17.7. The van der Waals surface area contributed by atoms with Crippen LogP contribution in [0.4, 0.5) is 5.69 Å². The number of halogens is 2. The van der Waals surface area contributed by atoms with Gasteiger partial charge in [-0.05, 0) is 34.7 Å². The zero-order valence-electron chi connectivity index (χ0n) is 13.8. The van der Waals surface area contributed by atoms with E-state index in [0.29, 0.717) is 15.8 Å². The van der Waals surface area contributed by atoms with Crippen LogP contribution in [0.1, 0.15) is 37.3 Å². The molecular formula is C19H19Cl2NOS. The highest BCUT2D eigenvalue weighted by molar-refractivity contribution is 8.00. The molecular weight excluding hydrogens is 361 g/mol. The first-order chi connectivity index (χ1) is 11.3. The van der Waals surface area contributed by atoms with Gasteiger partial charge < -0.3 is 0 Å². The second-order valence-corrected chi connectivity index (χ2v) is 8.87. The number of rotatable bonds is 2. The van der Waals surface area contributed by atoms with Crippen LogP contribution in [0.15, 0.2) is 42.5 Å². The van der Waals surface area contributed by atoms with Gasteiger partial charge in [-0.15, -0.1) is 11.8 Å². The highest BCUT2D eigenvalue weighted by Gasteiger charge is 2.34. The van der Waals surface area contributed by atoms with E-state index in [9.17, 15) is 4.79 Å². The molecule has 2 aromatic rings. The summed E-state index contributed by atoms with van der Waals surface area (Å²) < 4.78 is 0. The minimum Gasteiger partial charge on any atom is -0.295 e. The van der Waals surface area contributed by atoms with E-state index in [4.69, 9.17) is 23.2 Å². The molecule has 0 bridgehead atoms. The minimum absolute atomic E-state index is 0.0546. The minimum atomic E-state index is -0.0546. The Labute approximate surface area is 157 Å². The monoisotopic (exact) mass is 379 g/mol. The Morgan fingerprint density at radius 2 is 1.62 bits per heavy atom. The van der Waals surface area contributed by atoms with Gasteiger partial charge >= 0.3 is 0 Å². The molecule has 0 spiro atoms. The Balaban J connectivity index is 1.96. The van der Waals surface area contributed by atoms with E-state index in [2.05, 4.69) is 45.0 Å². The SMILES string of the molecule is CC(C)(C)c1ccc([C@@H]2SCC(=O)N2c2cc(Cl)cc(Cl)c2)cc1. The number of anilines is 1. The highest BCUT2D eigenvalue weighted by Crippen LogP contribution is 2.43. The van der Waals surface area contributed by atoms with Crippen LogP contribution in [0.2, 0.25) is 10.0 Å². The van der Waals surface area contributed by atoms with Crippen LogP contribution in [-0.2, 0) is 10.2 Å². The molecule has 1 amide bonds. The summed E-state index contributed by atoms with van der Waals surface area (Å²) in [5.41, 5.74) is 3.23. The first-order valence-electron chi connectivity index (χ1n) is 7.76. The topological polar surface area (TPSA) is 20.3 Å². The van der Waals surface area contributed by atoms with Gasteiger partial charge in [0, 0.05) is 15.7 Å². The Morgan fingerprint density at radius 1 is 1.04 bits per heavy atom. The summed E-state index contributed by atoms with van der Waals surface area (Å²) in [6, 6.07) is 13.7. The van der Waals surface area contributed by atoms with Crippen molar-refractivity contribution >= 4 is 46.6 Å². The van der Waals surface area contributed by atoms with Crippen molar-refractivity contribution < 1.29 is 4.79 Å². The Hall–Kier alpha value is -1.16. The molecule has 1 saturated heterocycles. The van der Waals surface area contributed by atoms with Crippen molar-refractivity contribution in [2.24, 2.45) is 0 Å². The zero-order valence-corrected chi connectivity index (χ0v) is 16.2.